The number of imidazole rings is 1. The zero-order chi connectivity index (χ0) is 30.5. The first-order valence-electron chi connectivity index (χ1n) is 13.6. The Bertz CT molecular complexity index is 1650. The second-order valence-corrected chi connectivity index (χ2v) is 10.4. The summed E-state index contributed by atoms with van der Waals surface area (Å²) in [6.45, 7) is 0. The van der Waals surface area contributed by atoms with Crippen molar-refractivity contribution in [3.63, 3.8) is 0 Å². The summed E-state index contributed by atoms with van der Waals surface area (Å²) in [6.07, 6.45) is 4.78. The second-order valence-electron chi connectivity index (χ2n) is 9.92. The molecule has 2 aromatic carbocycles. The topological polar surface area (TPSA) is 178 Å². The summed E-state index contributed by atoms with van der Waals surface area (Å²) in [5.41, 5.74) is 9.53. The van der Waals surface area contributed by atoms with Gasteiger partial charge in [0.15, 0.2) is 0 Å². The Labute approximate surface area is 252 Å². The normalized spacial score (nSPS) is 16.4. The van der Waals surface area contributed by atoms with Crippen LogP contribution in [0.5, 0.6) is 0 Å². The van der Waals surface area contributed by atoms with Gasteiger partial charge in [-0.25, -0.2) is 19.3 Å². The zero-order valence-electron chi connectivity index (χ0n) is 23.5. The van der Waals surface area contributed by atoms with Crippen molar-refractivity contribution in [1.82, 2.24) is 25.1 Å². The molecule has 0 aliphatic carbocycles. The number of nitrogen functional groups attached to an aromatic ring is 1. The van der Waals surface area contributed by atoms with E-state index in [0.717, 1.165) is 0 Å². The molecule has 2 atom stereocenters. The number of nitrogens with zero attached hydrogens (tertiary/aromatic N) is 3. The molecule has 0 saturated carbocycles. The van der Waals surface area contributed by atoms with Crippen molar-refractivity contribution in [3.8, 4) is 16.9 Å². The number of hydrogen-bond acceptors (Lipinski definition) is 9. The van der Waals surface area contributed by atoms with Crippen LogP contribution in [0.2, 0.25) is 5.02 Å². The number of esters is 1. The van der Waals surface area contributed by atoms with Crippen LogP contribution in [0, 0.1) is 0 Å². The molecule has 4 aromatic rings. The fourth-order valence-corrected chi connectivity index (χ4v) is 5.12. The van der Waals surface area contributed by atoms with Gasteiger partial charge in [0.25, 0.3) is 5.91 Å². The van der Waals surface area contributed by atoms with E-state index in [9.17, 15) is 14.4 Å². The highest BCUT2D eigenvalue weighted by Crippen LogP contribution is 2.33. The van der Waals surface area contributed by atoms with E-state index in [0.29, 0.717) is 64.8 Å². The Kier molecular flexibility index (Phi) is 8.81. The third-order valence-corrected chi connectivity index (χ3v) is 7.36. The minimum Gasteiger partial charge on any atom is -0.467 e. The van der Waals surface area contributed by atoms with E-state index in [1.807, 2.05) is 0 Å². The van der Waals surface area contributed by atoms with E-state index in [4.69, 9.17) is 26.8 Å². The number of aromatic nitrogens is 4. The molecule has 2 aromatic heterocycles. The van der Waals surface area contributed by atoms with E-state index in [1.54, 1.807) is 48.7 Å². The lowest BCUT2D eigenvalue weighted by molar-refractivity contribution is -0.141. The number of hydrogen-bond donors (Lipinski definition) is 5. The number of anilines is 3. The van der Waals surface area contributed by atoms with Crippen LogP contribution in [-0.4, -0.2) is 58.0 Å². The van der Waals surface area contributed by atoms with Crippen molar-refractivity contribution in [2.75, 3.05) is 30.6 Å². The summed E-state index contributed by atoms with van der Waals surface area (Å²) in [5, 5.41) is 13.8. The lowest BCUT2D eigenvalue weighted by Gasteiger charge is -2.22. The zero-order valence-corrected chi connectivity index (χ0v) is 24.3. The fraction of sp³-hybridized carbons (Fsp3) is 0.276. The highest BCUT2D eigenvalue weighted by molar-refractivity contribution is 6.30. The van der Waals surface area contributed by atoms with Crippen molar-refractivity contribution in [2.24, 2.45) is 0 Å². The van der Waals surface area contributed by atoms with Crippen LogP contribution in [-0.2, 0) is 14.3 Å². The van der Waals surface area contributed by atoms with E-state index in [2.05, 4.69) is 31.0 Å². The number of H-pyrrole nitrogens is 1. The van der Waals surface area contributed by atoms with Crippen molar-refractivity contribution in [1.29, 1.82) is 0 Å². The first-order chi connectivity index (χ1) is 20.8. The number of amides is 2. The van der Waals surface area contributed by atoms with Crippen LogP contribution in [0.15, 0.2) is 54.9 Å². The SMILES string of the molecule is COC(=O)Nc1ccc2c(c1)NC(C(=O)OC)CCCC[C@H](NC(=O)c1cnn(-c3cccc(Cl)c3)c1N)c1ncc-2[nH]1. The van der Waals surface area contributed by atoms with Crippen molar-refractivity contribution < 1.29 is 23.9 Å². The standard InChI is InChI=1S/C29H31ClN8O5/c1-42-28(40)22-9-4-3-8-21(37-27(39)20-14-33-38(25(20)31)18-7-5-6-16(30)12-18)26-32-15-24(36-26)19-11-10-17(13-23(19)35-22)34-29(41)43-2/h5-7,10-15,21-22,35H,3-4,8-9,31H2,1-2H3,(H,32,36)(H,34,41)(H,37,39)/t21-,22?/m0/s1. The van der Waals surface area contributed by atoms with Gasteiger partial charge in [-0.1, -0.05) is 30.5 Å². The Hall–Kier alpha value is -5.04. The predicted octanol–water partition coefficient (Wildman–Crippen LogP) is 4.67. The van der Waals surface area contributed by atoms with Crippen LogP contribution >= 0.6 is 11.6 Å². The first kappa shape index (κ1) is 29.5. The molecule has 6 N–H and O–H groups in total. The average molecular weight is 607 g/mol. The number of carbonyl (C=O) groups excluding carboxylic acids is 3. The molecule has 224 valence electrons. The third-order valence-electron chi connectivity index (χ3n) is 7.13. The molecule has 13 nitrogen and oxygen atoms in total. The number of halogens is 1. The fourth-order valence-electron chi connectivity index (χ4n) is 4.93. The smallest absolute Gasteiger partial charge is 0.411 e. The van der Waals surface area contributed by atoms with Crippen LogP contribution in [0.1, 0.15) is 47.9 Å². The molecule has 5 rings (SSSR count). The number of benzene rings is 2. The van der Waals surface area contributed by atoms with Crippen LogP contribution in [0.25, 0.3) is 16.9 Å². The van der Waals surface area contributed by atoms with E-state index in [-0.39, 0.29) is 11.4 Å². The number of rotatable bonds is 5. The van der Waals surface area contributed by atoms with Crippen molar-refractivity contribution in [3.05, 3.63) is 71.3 Å². The Morgan fingerprint density at radius 1 is 1.07 bits per heavy atom. The molecule has 1 unspecified atom stereocenters. The average Bonchev–Trinajstić information content (AvgIpc) is 3.64. The quantitative estimate of drug-likeness (QED) is 0.202. The molecular formula is C29H31ClN8O5. The molecule has 0 spiro atoms. The largest absolute Gasteiger partial charge is 0.467 e. The Balaban J connectivity index is 1.45. The number of carbonyl (C=O) groups is 3. The summed E-state index contributed by atoms with van der Waals surface area (Å²) < 4.78 is 11.2. The Morgan fingerprint density at radius 2 is 1.88 bits per heavy atom. The van der Waals surface area contributed by atoms with Gasteiger partial charge in [0, 0.05) is 22.0 Å². The van der Waals surface area contributed by atoms with Crippen molar-refractivity contribution >= 4 is 46.8 Å². The predicted molar refractivity (Wildman–Crippen MR) is 161 cm³/mol. The van der Waals surface area contributed by atoms with Crippen LogP contribution in [0.3, 0.4) is 0 Å². The number of nitrogens with one attached hydrogen (secondary N) is 4. The minimum atomic E-state index is -0.649. The van der Waals surface area contributed by atoms with E-state index < -0.39 is 30.1 Å². The number of ether oxygens (including phenoxy) is 2. The molecule has 0 radical (unpaired) electrons. The lowest BCUT2D eigenvalue weighted by atomic mass is 10.0. The number of methoxy groups -OCH3 is 2. The molecule has 3 heterocycles. The monoisotopic (exact) mass is 606 g/mol. The number of fused-ring (bicyclic) bond motifs is 4. The van der Waals surface area contributed by atoms with Crippen molar-refractivity contribution in [2.45, 2.75) is 37.8 Å². The highest BCUT2D eigenvalue weighted by atomic mass is 35.5. The van der Waals surface area contributed by atoms with Gasteiger partial charge >= 0.3 is 12.1 Å². The Morgan fingerprint density at radius 3 is 2.65 bits per heavy atom. The number of nitrogens with two attached hydrogens (primary N) is 1. The van der Waals surface area contributed by atoms with Crippen LogP contribution in [0.4, 0.5) is 22.0 Å². The highest BCUT2D eigenvalue weighted by Gasteiger charge is 2.26. The first-order valence-corrected chi connectivity index (χ1v) is 13.9. The molecular weight excluding hydrogens is 576 g/mol. The minimum absolute atomic E-state index is 0.172. The lowest BCUT2D eigenvalue weighted by Crippen LogP contribution is -2.32. The van der Waals surface area contributed by atoms with Gasteiger partial charge in [0.05, 0.1) is 44.0 Å². The molecule has 1 aliphatic rings. The van der Waals surface area contributed by atoms with Gasteiger partial charge in [0.2, 0.25) is 0 Å². The van der Waals surface area contributed by atoms with Gasteiger partial charge in [0.1, 0.15) is 23.2 Å². The third kappa shape index (κ3) is 6.56. The summed E-state index contributed by atoms with van der Waals surface area (Å²) in [7, 11) is 2.61. The summed E-state index contributed by atoms with van der Waals surface area (Å²) in [6, 6.07) is 11.1. The van der Waals surface area contributed by atoms with Gasteiger partial charge < -0.3 is 30.8 Å². The maximum atomic E-state index is 13.4. The van der Waals surface area contributed by atoms with E-state index in [1.165, 1.54) is 25.1 Å². The van der Waals surface area contributed by atoms with Gasteiger partial charge in [-0.3, -0.25) is 10.1 Å². The van der Waals surface area contributed by atoms with E-state index >= 15 is 0 Å². The molecule has 14 heteroatoms. The van der Waals surface area contributed by atoms with Gasteiger partial charge in [-0.05, 0) is 49.2 Å². The van der Waals surface area contributed by atoms with Crippen LogP contribution < -0.4 is 21.7 Å². The second kappa shape index (κ2) is 12.9. The summed E-state index contributed by atoms with van der Waals surface area (Å²) in [4.78, 5) is 45.8. The summed E-state index contributed by atoms with van der Waals surface area (Å²) in [5.74, 6) is -0.104. The number of aromatic amines is 1. The van der Waals surface area contributed by atoms with Gasteiger partial charge in [-0.2, -0.15) is 5.10 Å². The maximum Gasteiger partial charge on any atom is 0.411 e. The molecule has 43 heavy (non-hydrogen) atoms. The molecule has 2 amide bonds. The molecule has 0 fully saturated rings. The van der Waals surface area contributed by atoms with Gasteiger partial charge in [-0.15, -0.1) is 0 Å². The molecule has 2 bridgehead atoms. The maximum absolute atomic E-state index is 13.4. The molecule has 0 saturated heterocycles. The summed E-state index contributed by atoms with van der Waals surface area (Å²) >= 11 is 6.12. The molecule has 1 aliphatic heterocycles.